The zero-order valence-corrected chi connectivity index (χ0v) is 13.2. The highest BCUT2D eigenvalue weighted by Crippen LogP contribution is 2.22. The van der Waals surface area contributed by atoms with Crippen molar-refractivity contribution >= 4 is 34.2 Å². The molecule has 1 unspecified atom stereocenters. The first-order valence-electron chi connectivity index (χ1n) is 6.21. The number of rotatable bonds is 8. The van der Waals surface area contributed by atoms with Gasteiger partial charge in [0.05, 0.1) is 6.10 Å². The summed E-state index contributed by atoms with van der Waals surface area (Å²) in [6.45, 7) is 3.08. The third-order valence-electron chi connectivity index (χ3n) is 2.70. The molecule has 1 atom stereocenters. The molecule has 96 valence electrons. The lowest BCUT2D eigenvalue weighted by Crippen LogP contribution is -2.06. The second-order valence-corrected chi connectivity index (χ2v) is 5.44. The molecule has 0 aromatic heterocycles. The van der Waals surface area contributed by atoms with Crippen molar-refractivity contribution in [3.63, 3.8) is 0 Å². The summed E-state index contributed by atoms with van der Waals surface area (Å²) in [5, 5.41) is 0.781. The molecule has 17 heavy (non-hydrogen) atoms. The van der Waals surface area contributed by atoms with Crippen LogP contribution in [0.2, 0.25) is 5.02 Å². The predicted octanol–water partition coefficient (Wildman–Crippen LogP) is 5.41. The first kappa shape index (κ1) is 15.3. The van der Waals surface area contributed by atoms with Crippen LogP contribution in [0.4, 0.5) is 0 Å². The molecule has 0 saturated carbocycles. The van der Waals surface area contributed by atoms with Crippen LogP contribution in [-0.2, 0) is 4.74 Å². The van der Waals surface area contributed by atoms with Gasteiger partial charge in [-0.1, -0.05) is 72.5 Å². The van der Waals surface area contributed by atoms with E-state index in [-0.39, 0.29) is 6.10 Å². The minimum Gasteiger partial charge on any atom is -0.373 e. The Labute approximate surface area is 123 Å². The van der Waals surface area contributed by atoms with E-state index >= 15 is 0 Å². The minimum atomic E-state index is 0.203. The topological polar surface area (TPSA) is 9.23 Å². The van der Waals surface area contributed by atoms with Gasteiger partial charge in [0.1, 0.15) is 0 Å². The van der Waals surface area contributed by atoms with Crippen molar-refractivity contribution in [3.8, 4) is 0 Å². The molecule has 0 bridgehead atoms. The molecule has 0 spiro atoms. The zero-order valence-electron chi connectivity index (χ0n) is 10.3. The van der Waals surface area contributed by atoms with Gasteiger partial charge in [0.15, 0.2) is 0 Å². The van der Waals surface area contributed by atoms with E-state index in [4.69, 9.17) is 16.3 Å². The molecular weight excluding hydrogens is 347 g/mol. The summed E-state index contributed by atoms with van der Waals surface area (Å²) in [4.78, 5) is 0. The van der Waals surface area contributed by atoms with Gasteiger partial charge in [-0.05, 0) is 24.1 Å². The van der Waals surface area contributed by atoms with E-state index in [1.54, 1.807) is 0 Å². The monoisotopic (exact) mass is 366 g/mol. The van der Waals surface area contributed by atoms with Crippen LogP contribution in [0.3, 0.4) is 0 Å². The molecule has 1 aromatic carbocycles. The Morgan fingerprint density at radius 1 is 1.18 bits per heavy atom. The van der Waals surface area contributed by atoms with Gasteiger partial charge in [0, 0.05) is 16.1 Å². The number of unbranched alkanes of at least 4 members (excludes halogenated alkanes) is 3. The van der Waals surface area contributed by atoms with E-state index in [0.29, 0.717) is 0 Å². The molecule has 0 aliphatic rings. The maximum absolute atomic E-state index is 5.91. The highest BCUT2D eigenvalue weighted by molar-refractivity contribution is 14.1. The molecule has 1 rings (SSSR count). The van der Waals surface area contributed by atoms with Crippen molar-refractivity contribution < 1.29 is 4.74 Å². The van der Waals surface area contributed by atoms with Crippen molar-refractivity contribution in [2.75, 3.05) is 11.0 Å². The van der Waals surface area contributed by atoms with Crippen LogP contribution < -0.4 is 0 Å². The normalized spacial score (nSPS) is 12.6. The smallest absolute Gasteiger partial charge is 0.0914 e. The van der Waals surface area contributed by atoms with Gasteiger partial charge in [0.2, 0.25) is 0 Å². The molecule has 1 aromatic rings. The van der Waals surface area contributed by atoms with Gasteiger partial charge in [-0.3, -0.25) is 0 Å². The molecular formula is C14H20ClIO. The number of hydrogen-bond donors (Lipinski definition) is 0. The van der Waals surface area contributed by atoms with Gasteiger partial charge in [-0.15, -0.1) is 0 Å². The molecule has 0 N–H and O–H groups in total. The highest BCUT2D eigenvalue weighted by atomic mass is 127. The average molecular weight is 367 g/mol. The quantitative estimate of drug-likeness (QED) is 0.339. The zero-order chi connectivity index (χ0) is 12.5. The number of alkyl halides is 1. The molecule has 0 radical (unpaired) electrons. The molecule has 0 aliphatic carbocycles. The van der Waals surface area contributed by atoms with E-state index in [1.807, 2.05) is 12.1 Å². The summed E-state index contributed by atoms with van der Waals surface area (Å²) >= 11 is 8.25. The molecule has 3 heteroatoms. The third kappa shape index (κ3) is 6.07. The van der Waals surface area contributed by atoms with E-state index in [2.05, 4.69) is 41.6 Å². The number of benzene rings is 1. The van der Waals surface area contributed by atoms with Crippen LogP contribution in [0.1, 0.15) is 44.3 Å². The number of halogens is 2. The van der Waals surface area contributed by atoms with Crippen LogP contribution in [0.25, 0.3) is 0 Å². The molecule has 0 heterocycles. The number of hydrogen-bond acceptors (Lipinski definition) is 1. The molecule has 1 nitrogen and oxygen atoms in total. The lowest BCUT2D eigenvalue weighted by molar-refractivity contribution is 0.0679. The Balaban J connectivity index is 2.35. The minimum absolute atomic E-state index is 0.203. The average Bonchev–Trinajstić information content (AvgIpc) is 2.35. The maximum atomic E-state index is 5.91. The van der Waals surface area contributed by atoms with E-state index in [9.17, 15) is 0 Å². The number of ether oxygens (including phenoxy) is 1. The summed E-state index contributed by atoms with van der Waals surface area (Å²) < 4.78 is 6.89. The van der Waals surface area contributed by atoms with Gasteiger partial charge in [0.25, 0.3) is 0 Å². The summed E-state index contributed by atoms with van der Waals surface area (Å²) in [5.74, 6) is 0. The Bertz CT molecular complexity index is 300. The summed E-state index contributed by atoms with van der Waals surface area (Å²) in [6, 6.07) is 7.96. The summed E-state index contributed by atoms with van der Waals surface area (Å²) in [6.07, 6.45) is 5.21. The largest absolute Gasteiger partial charge is 0.373 e. The van der Waals surface area contributed by atoms with Gasteiger partial charge in [-0.2, -0.15) is 0 Å². The molecule has 0 fully saturated rings. The van der Waals surface area contributed by atoms with Crippen molar-refractivity contribution in [2.24, 2.45) is 0 Å². The van der Waals surface area contributed by atoms with Crippen molar-refractivity contribution in [1.29, 1.82) is 0 Å². The van der Waals surface area contributed by atoms with Crippen molar-refractivity contribution in [2.45, 2.75) is 38.7 Å². The second-order valence-electron chi connectivity index (χ2n) is 4.13. The maximum Gasteiger partial charge on any atom is 0.0914 e. The van der Waals surface area contributed by atoms with Gasteiger partial charge in [-0.25, -0.2) is 0 Å². The molecule has 0 amide bonds. The van der Waals surface area contributed by atoms with Gasteiger partial charge < -0.3 is 4.74 Å². The van der Waals surface area contributed by atoms with Crippen LogP contribution in [0.15, 0.2) is 24.3 Å². The highest BCUT2D eigenvalue weighted by Gasteiger charge is 2.09. The first-order chi connectivity index (χ1) is 8.27. The van der Waals surface area contributed by atoms with E-state index < -0.39 is 0 Å². The fourth-order valence-corrected chi connectivity index (χ4v) is 2.55. The Morgan fingerprint density at radius 2 is 1.88 bits per heavy atom. The Kier molecular flexibility index (Phi) is 8.23. The van der Waals surface area contributed by atoms with Gasteiger partial charge >= 0.3 is 0 Å². The predicted molar refractivity (Wildman–Crippen MR) is 83.2 cm³/mol. The summed E-state index contributed by atoms with van der Waals surface area (Å²) in [7, 11) is 0. The Morgan fingerprint density at radius 3 is 2.47 bits per heavy atom. The third-order valence-corrected chi connectivity index (χ3v) is 3.75. The van der Waals surface area contributed by atoms with E-state index in [1.165, 1.54) is 24.8 Å². The van der Waals surface area contributed by atoms with Crippen LogP contribution in [0, 0.1) is 0 Å². The van der Waals surface area contributed by atoms with Crippen LogP contribution >= 0.6 is 34.2 Å². The van der Waals surface area contributed by atoms with Crippen molar-refractivity contribution in [3.05, 3.63) is 34.9 Å². The fourth-order valence-electron chi connectivity index (χ4n) is 1.66. The molecule has 0 saturated heterocycles. The SMILES string of the molecule is CCCCCCOC(CI)c1ccc(Cl)cc1. The lowest BCUT2D eigenvalue weighted by Gasteiger charge is -2.15. The van der Waals surface area contributed by atoms with Crippen molar-refractivity contribution in [1.82, 2.24) is 0 Å². The first-order valence-corrected chi connectivity index (χ1v) is 8.11. The summed E-state index contributed by atoms with van der Waals surface area (Å²) in [5.41, 5.74) is 1.22. The van der Waals surface area contributed by atoms with Crippen LogP contribution in [0.5, 0.6) is 0 Å². The Hall–Kier alpha value is 0.200. The lowest BCUT2D eigenvalue weighted by atomic mass is 10.1. The van der Waals surface area contributed by atoms with E-state index in [0.717, 1.165) is 22.5 Å². The van der Waals surface area contributed by atoms with Crippen LogP contribution in [-0.4, -0.2) is 11.0 Å². The fraction of sp³-hybridized carbons (Fsp3) is 0.571. The standard InChI is InChI=1S/C14H20ClIO/c1-2-3-4-5-10-17-14(11-16)12-6-8-13(15)9-7-12/h6-9,14H,2-5,10-11H2,1H3. The molecule has 0 aliphatic heterocycles. The second kappa shape index (κ2) is 9.17.